The zero-order chi connectivity index (χ0) is 21.4. The number of rotatable bonds is 7. The van der Waals surface area contributed by atoms with E-state index < -0.39 is 5.97 Å². The molecule has 0 aliphatic heterocycles. The number of allylic oxidation sites excluding steroid dienone is 3. The van der Waals surface area contributed by atoms with Crippen LogP contribution in [0.15, 0.2) is 35.9 Å². The van der Waals surface area contributed by atoms with Crippen molar-refractivity contribution in [2.24, 2.45) is 5.92 Å². The minimum absolute atomic E-state index is 0.176. The second kappa shape index (κ2) is 8.01. The molecule has 2 atom stereocenters. The molecule has 3 nitrogen and oxygen atoms in total. The van der Waals surface area contributed by atoms with Gasteiger partial charge in [0.25, 0.3) is 0 Å². The van der Waals surface area contributed by atoms with Crippen LogP contribution in [0.2, 0.25) is 0 Å². The summed E-state index contributed by atoms with van der Waals surface area (Å²) in [6.45, 7) is 14.1. The Morgan fingerprint density at radius 2 is 1.79 bits per heavy atom. The van der Waals surface area contributed by atoms with Gasteiger partial charge in [-0.15, -0.1) is 0 Å². The molecule has 1 aromatic rings. The number of benzene rings is 1. The van der Waals surface area contributed by atoms with Crippen molar-refractivity contribution >= 4 is 5.97 Å². The lowest BCUT2D eigenvalue weighted by Gasteiger charge is -2.42. The van der Waals surface area contributed by atoms with E-state index in [-0.39, 0.29) is 10.8 Å². The first-order valence-corrected chi connectivity index (χ1v) is 11.0. The molecule has 0 saturated heterocycles. The summed E-state index contributed by atoms with van der Waals surface area (Å²) in [5, 5.41) is 8.89. The van der Waals surface area contributed by atoms with Gasteiger partial charge in [0.05, 0.1) is 6.61 Å². The van der Waals surface area contributed by atoms with E-state index in [2.05, 4.69) is 52.8 Å². The Hall–Kier alpha value is -2.03. The predicted octanol–water partition coefficient (Wildman–Crippen LogP) is 6.52. The fourth-order valence-corrected chi connectivity index (χ4v) is 4.54. The molecule has 1 saturated carbocycles. The lowest BCUT2D eigenvalue weighted by Crippen LogP contribution is -2.34. The van der Waals surface area contributed by atoms with Gasteiger partial charge in [-0.3, -0.25) is 0 Å². The molecule has 0 amide bonds. The average Bonchev–Trinajstić information content (AvgIpc) is 3.40. The molecule has 0 spiro atoms. The fourth-order valence-electron chi connectivity index (χ4n) is 4.54. The van der Waals surface area contributed by atoms with E-state index in [0.717, 1.165) is 30.8 Å². The first-order chi connectivity index (χ1) is 13.5. The van der Waals surface area contributed by atoms with Crippen LogP contribution >= 0.6 is 0 Å². The Balaban J connectivity index is 1.94. The number of hydrogen-bond donors (Lipinski definition) is 1. The molecular formula is C26H36O3. The summed E-state index contributed by atoms with van der Waals surface area (Å²) >= 11 is 0. The van der Waals surface area contributed by atoms with Crippen molar-refractivity contribution in [3.63, 3.8) is 0 Å². The highest BCUT2D eigenvalue weighted by Gasteiger charge is 2.42. The second-order valence-electron chi connectivity index (χ2n) is 10.1. The van der Waals surface area contributed by atoms with E-state index in [1.54, 1.807) is 0 Å². The first-order valence-electron chi connectivity index (χ1n) is 11.0. The number of ether oxygens (including phenoxy) is 1. The van der Waals surface area contributed by atoms with Gasteiger partial charge < -0.3 is 9.84 Å². The number of carbonyl (C=O) groups is 1. The highest BCUT2D eigenvalue weighted by molar-refractivity contribution is 5.81. The van der Waals surface area contributed by atoms with Crippen molar-refractivity contribution in [1.29, 1.82) is 0 Å². The van der Waals surface area contributed by atoms with E-state index in [4.69, 9.17) is 9.84 Å². The molecule has 0 bridgehead atoms. The molecule has 2 aliphatic carbocycles. The van der Waals surface area contributed by atoms with Gasteiger partial charge in [0.1, 0.15) is 5.75 Å². The number of hydrogen-bond acceptors (Lipinski definition) is 2. The Kier molecular flexibility index (Phi) is 5.98. The van der Waals surface area contributed by atoms with Crippen LogP contribution in [0.25, 0.3) is 0 Å². The SMILES string of the molecule is CCCOc1cc2c(cc1C1CC1C=CC(C)=CC(=O)O)C(C)(C)CCC2(C)C. The van der Waals surface area contributed by atoms with E-state index in [1.807, 2.05) is 13.0 Å². The molecule has 1 aromatic carbocycles. The highest BCUT2D eigenvalue weighted by atomic mass is 16.5. The Labute approximate surface area is 175 Å². The van der Waals surface area contributed by atoms with Crippen molar-refractivity contribution in [1.82, 2.24) is 0 Å². The van der Waals surface area contributed by atoms with Crippen LogP contribution in [0, 0.1) is 5.92 Å². The fraction of sp³-hybridized carbons (Fsp3) is 0.577. The molecule has 0 aromatic heterocycles. The highest BCUT2D eigenvalue weighted by Crippen LogP contribution is 2.55. The standard InChI is InChI=1S/C26H36O3/c1-7-12-29-23-16-22-21(25(3,4)10-11-26(22,5)6)15-20(23)19-14-18(19)9-8-17(2)13-24(27)28/h8-9,13,15-16,18-19H,7,10-12,14H2,1-6H3,(H,27,28). The van der Waals surface area contributed by atoms with Crippen LogP contribution in [0.3, 0.4) is 0 Å². The molecule has 158 valence electrons. The maximum Gasteiger partial charge on any atom is 0.328 e. The van der Waals surface area contributed by atoms with Crippen LogP contribution in [-0.4, -0.2) is 17.7 Å². The molecule has 29 heavy (non-hydrogen) atoms. The molecule has 0 heterocycles. The minimum Gasteiger partial charge on any atom is -0.493 e. The molecule has 3 rings (SSSR count). The molecule has 3 heteroatoms. The van der Waals surface area contributed by atoms with Gasteiger partial charge in [0, 0.05) is 6.08 Å². The normalized spacial score (nSPS) is 25.0. The second-order valence-corrected chi connectivity index (χ2v) is 10.1. The number of fused-ring (bicyclic) bond motifs is 1. The van der Waals surface area contributed by atoms with Crippen molar-refractivity contribution in [2.45, 2.75) is 84.0 Å². The Morgan fingerprint density at radius 3 is 2.38 bits per heavy atom. The maximum atomic E-state index is 10.8. The van der Waals surface area contributed by atoms with Gasteiger partial charge in [-0.05, 0) is 83.6 Å². The first kappa shape index (κ1) is 21.7. The summed E-state index contributed by atoms with van der Waals surface area (Å²) in [6.07, 6.45) is 9.86. The Morgan fingerprint density at radius 1 is 1.17 bits per heavy atom. The quantitative estimate of drug-likeness (QED) is 0.422. The smallest absolute Gasteiger partial charge is 0.328 e. The molecule has 2 unspecified atom stereocenters. The zero-order valence-corrected chi connectivity index (χ0v) is 18.8. The van der Waals surface area contributed by atoms with Gasteiger partial charge in [-0.2, -0.15) is 0 Å². The molecule has 1 fully saturated rings. The molecule has 0 radical (unpaired) electrons. The summed E-state index contributed by atoms with van der Waals surface area (Å²) < 4.78 is 6.23. The maximum absolute atomic E-state index is 10.8. The average molecular weight is 397 g/mol. The van der Waals surface area contributed by atoms with Crippen LogP contribution in [-0.2, 0) is 15.6 Å². The van der Waals surface area contributed by atoms with Crippen LogP contribution in [0.4, 0.5) is 0 Å². The summed E-state index contributed by atoms with van der Waals surface area (Å²) in [7, 11) is 0. The van der Waals surface area contributed by atoms with Crippen LogP contribution in [0.5, 0.6) is 5.75 Å². The van der Waals surface area contributed by atoms with Gasteiger partial charge >= 0.3 is 5.97 Å². The lowest BCUT2D eigenvalue weighted by molar-refractivity contribution is -0.131. The third kappa shape index (κ3) is 4.76. The number of aliphatic carboxylic acids is 1. The van der Waals surface area contributed by atoms with Crippen molar-refractivity contribution in [3.8, 4) is 5.75 Å². The topological polar surface area (TPSA) is 46.5 Å². The van der Waals surface area contributed by atoms with E-state index >= 15 is 0 Å². The summed E-state index contributed by atoms with van der Waals surface area (Å²) in [4.78, 5) is 10.8. The Bertz CT molecular complexity index is 842. The van der Waals surface area contributed by atoms with Gasteiger partial charge in [0.2, 0.25) is 0 Å². The predicted molar refractivity (Wildman–Crippen MR) is 119 cm³/mol. The van der Waals surface area contributed by atoms with Crippen molar-refractivity contribution in [3.05, 3.63) is 52.6 Å². The third-order valence-corrected chi connectivity index (χ3v) is 6.64. The zero-order valence-electron chi connectivity index (χ0n) is 18.8. The summed E-state index contributed by atoms with van der Waals surface area (Å²) in [5.74, 6) is 1.07. The van der Waals surface area contributed by atoms with E-state index in [9.17, 15) is 4.79 Å². The van der Waals surface area contributed by atoms with Crippen molar-refractivity contribution < 1.29 is 14.6 Å². The largest absolute Gasteiger partial charge is 0.493 e. The summed E-state index contributed by atoms with van der Waals surface area (Å²) in [5.41, 5.74) is 5.39. The van der Waals surface area contributed by atoms with Crippen LogP contribution in [0.1, 0.15) is 89.8 Å². The molecule has 2 aliphatic rings. The van der Waals surface area contributed by atoms with Crippen molar-refractivity contribution in [2.75, 3.05) is 6.61 Å². The minimum atomic E-state index is -0.894. The molecular weight excluding hydrogens is 360 g/mol. The third-order valence-electron chi connectivity index (χ3n) is 6.64. The number of carboxylic acids is 1. The van der Waals surface area contributed by atoms with Gasteiger partial charge in [-0.1, -0.05) is 52.8 Å². The number of carboxylic acid groups (broad SMARTS) is 1. The van der Waals surface area contributed by atoms with Gasteiger partial charge in [0.15, 0.2) is 0 Å². The van der Waals surface area contributed by atoms with E-state index in [1.165, 1.54) is 35.6 Å². The van der Waals surface area contributed by atoms with E-state index in [0.29, 0.717) is 11.8 Å². The van der Waals surface area contributed by atoms with Gasteiger partial charge in [-0.25, -0.2) is 4.79 Å². The monoisotopic (exact) mass is 396 g/mol. The lowest BCUT2D eigenvalue weighted by atomic mass is 9.62. The summed E-state index contributed by atoms with van der Waals surface area (Å²) in [6, 6.07) is 4.76. The van der Waals surface area contributed by atoms with Crippen LogP contribution < -0.4 is 4.74 Å². The molecule has 1 N–H and O–H groups in total.